The Balaban J connectivity index is 1.61. The number of para-hydroxylation sites is 3. The molecule has 0 bridgehead atoms. The van der Waals surface area contributed by atoms with Gasteiger partial charge in [0.2, 0.25) is 5.62 Å². The van der Waals surface area contributed by atoms with Gasteiger partial charge in [0.1, 0.15) is 12.4 Å². The summed E-state index contributed by atoms with van der Waals surface area (Å²) in [7, 11) is 0. The molecule has 0 unspecified atom stereocenters. The molecule has 1 heterocycles. The predicted octanol–water partition coefficient (Wildman–Crippen LogP) is 4.80. The molecule has 0 radical (unpaired) electrons. The smallest absolute Gasteiger partial charge is 0.203 e. The van der Waals surface area contributed by atoms with E-state index in [-0.39, 0.29) is 0 Å². The molecular weight excluding hydrogens is 358 g/mol. The fraction of sp³-hybridized carbons (Fsp3) is 0.136. The Kier molecular flexibility index (Phi) is 5.26. The lowest BCUT2D eigenvalue weighted by molar-refractivity contribution is 0.298. The minimum atomic E-state index is 0.520. The predicted molar refractivity (Wildman–Crippen MR) is 109 cm³/mol. The van der Waals surface area contributed by atoms with Crippen LogP contribution in [0.4, 0.5) is 0 Å². The summed E-state index contributed by atoms with van der Waals surface area (Å²) in [5, 5.41) is 0.733. The number of ether oxygens (including phenoxy) is 1. The number of aromatic amines is 1. The van der Waals surface area contributed by atoms with Crippen LogP contribution >= 0.6 is 11.6 Å². The lowest BCUT2D eigenvalue weighted by Crippen LogP contribution is -2.22. The van der Waals surface area contributed by atoms with Crippen molar-refractivity contribution < 1.29 is 4.74 Å². The average molecular weight is 378 g/mol. The normalized spacial score (nSPS) is 11.8. The number of aromatic nitrogens is 2. The zero-order valence-corrected chi connectivity index (χ0v) is 15.6. The molecule has 0 atom stereocenters. The van der Waals surface area contributed by atoms with Gasteiger partial charge in [0.15, 0.2) is 0 Å². The number of hydrogen-bond acceptors (Lipinski definition) is 2. The molecule has 1 N–H and O–H groups in total. The molecule has 0 saturated carbocycles. The van der Waals surface area contributed by atoms with E-state index in [1.807, 2.05) is 66.7 Å². The lowest BCUT2D eigenvalue weighted by Gasteiger charge is -2.08. The first-order valence-corrected chi connectivity index (χ1v) is 9.28. The molecule has 0 spiro atoms. The van der Waals surface area contributed by atoms with Crippen LogP contribution in [-0.2, 0) is 13.1 Å². The molecule has 4 nitrogen and oxygen atoms in total. The Morgan fingerprint density at radius 3 is 2.48 bits per heavy atom. The third kappa shape index (κ3) is 4.07. The quantitative estimate of drug-likeness (QED) is 0.515. The fourth-order valence-corrected chi connectivity index (χ4v) is 3.22. The van der Waals surface area contributed by atoms with E-state index >= 15 is 0 Å². The van der Waals surface area contributed by atoms with Crippen molar-refractivity contribution >= 4 is 22.6 Å². The minimum Gasteiger partial charge on any atom is -0.492 e. The van der Waals surface area contributed by atoms with Gasteiger partial charge in [-0.1, -0.05) is 60.1 Å². The van der Waals surface area contributed by atoms with E-state index in [1.165, 1.54) is 0 Å². The summed E-state index contributed by atoms with van der Waals surface area (Å²) in [4.78, 5) is 8.17. The second-order valence-electron chi connectivity index (χ2n) is 6.19. The molecule has 0 aliphatic heterocycles. The number of rotatable bonds is 6. The summed E-state index contributed by atoms with van der Waals surface area (Å²) < 4.78 is 8.02. The summed E-state index contributed by atoms with van der Waals surface area (Å²) in [5.74, 6) is 0.868. The molecule has 0 aliphatic carbocycles. The molecular formula is C22H20ClN3O. The van der Waals surface area contributed by atoms with Gasteiger partial charge >= 0.3 is 0 Å². The van der Waals surface area contributed by atoms with Gasteiger partial charge in [0, 0.05) is 5.02 Å². The van der Waals surface area contributed by atoms with Crippen molar-refractivity contribution in [3.8, 4) is 5.75 Å². The van der Waals surface area contributed by atoms with Crippen molar-refractivity contribution in [3.63, 3.8) is 0 Å². The zero-order valence-electron chi connectivity index (χ0n) is 14.8. The van der Waals surface area contributed by atoms with Gasteiger partial charge in [-0.2, -0.15) is 0 Å². The first-order valence-electron chi connectivity index (χ1n) is 8.90. The number of fused-ring (bicyclic) bond motifs is 1. The molecule has 0 saturated heterocycles. The van der Waals surface area contributed by atoms with E-state index in [0.717, 1.165) is 33.0 Å². The maximum Gasteiger partial charge on any atom is 0.203 e. The summed E-state index contributed by atoms with van der Waals surface area (Å²) in [5.41, 5.74) is 3.97. The molecule has 4 aromatic rings. The van der Waals surface area contributed by atoms with Crippen LogP contribution in [0.3, 0.4) is 0 Å². The Labute approximate surface area is 162 Å². The van der Waals surface area contributed by atoms with Crippen LogP contribution in [0.25, 0.3) is 11.0 Å². The van der Waals surface area contributed by atoms with E-state index in [0.29, 0.717) is 19.7 Å². The van der Waals surface area contributed by atoms with E-state index in [2.05, 4.69) is 21.7 Å². The maximum atomic E-state index is 6.26. The number of nitrogens with zero attached hydrogens (tertiary/aromatic N) is 2. The highest BCUT2D eigenvalue weighted by molar-refractivity contribution is 6.31. The van der Waals surface area contributed by atoms with Crippen LogP contribution < -0.4 is 10.4 Å². The van der Waals surface area contributed by atoms with E-state index in [9.17, 15) is 0 Å². The van der Waals surface area contributed by atoms with Crippen molar-refractivity contribution in [2.75, 3.05) is 6.61 Å². The van der Waals surface area contributed by atoms with E-state index in [4.69, 9.17) is 21.3 Å². The molecule has 0 amide bonds. The third-order valence-corrected chi connectivity index (χ3v) is 4.75. The Bertz CT molecular complexity index is 1100. The van der Waals surface area contributed by atoms with Crippen molar-refractivity contribution in [1.29, 1.82) is 0 Å². The number of nitrogens with one attached hydrogen (secondary N) is 1. The Morgan fingerprint density at radius 1 is 0.889 bits per heavy atom. The van der Waals surface area contributed by atoms with Crippen molar-refractivity contribution in [3.05, 3.63) is 95.1 Å². The van der Waals surface area contributed by atoms with Crippen LogP contribution in [0.5, 0.6) is 5.75 Å². The van der Waals surface area contributed by atoms with Crippen LogP contribution in [-0.4, -0.2) is 16.2 Å². The minimum absolute atomic E-state index is 0.520. The van der Waals surface area contributed by atoms with Crippen LogP contribution in [0, 0.1) is 0 Å². The molecule has 0 fully saturated rings. The number of H-pyrrole nitrogens is 1. The molecule has 5 heteroatoms. The third-order valence-electron chi connectivity index (χ3n) is 4.38. The van der Waals surface area contributed by atoms with Gasteiger partial charge in [-0.15, -0.1) is 0 Å². The summed E-state index contributed by atoms with van der Waals surface area (Å²) in [6, 6.07) is 25.8. The number of benzene rings is 3. The second kappa shape index (κ2) is 8.14. The largest absolute Gasteiger partial charge is 0.492 e. The van der Waals surface area contributed by atoms with E-state index in [1.54, 1.807) is 0 Å². The SMILES string of the molecule is Clc1ccccc1CN=c1[nH]c2ccccc2n1CCOc1ccccc1. The lowest BCUT2D eigenvalue weighted by atomic mass is 10.2. The van der Waals surface area contributed by atoms with Crippen molar-refractivity contribution in [2.24, 2.45) is 4.99 Å². The maximum absolute atomic E-state index is 6.26. The van der Waals surface area contributed by atoms with Crippen LogP contribution in [0.1, 0.15) is 5.56 Å². The average Bonchev–Trinajstić information content (AvgIpc) is 3.06. The number of halogens is 1. The summed E-state index contributed by atoms with van der Waals surface area (Å²) in [6.07, 6.45) is 0. The topological polar surface area (TPSA) is 42.3 Å². The van der Waals surface area contributed by atoms with Crippen LogP contribution in [0.15, 0.2) is 83.9 Å². The molecule has 3 aromatic carbocycles. The standard InChI is InChI=1S/C22H20ClN3O/c23-19-11-5-4-8-17(19)16-24-22-25-20-12-6-7-13-21(20)26(22)14-15-27-18-9-2-1-3-10-18/h1-13H,14-16H2,(H,24,25). The fourth-order valence-electron chi connectivity index (χ4n) is 3.03. The highest BCUT2D eigenvalue weighted by Gasteiger charge is 2.06. The number of imidazole rings is 1. The molecule has 1 aromatic heterocycles. The number of hydrogen-bond donors (Lipinski definition) is 1. The first-order chi connectivity index (χ1) is 13.3. The van der Waals surface area contributed by atoms with E-state index < -0.39 is 0 Å². The first kappa shape index (κ1) is 17.4. The monoisotopic (exact) mass is 377 g/mol. The van der Waals surface area contributed by atoms with Gasteiger partial charge < -0.3 is 14.3 Å². The van der Waals surface area contributed by atoms with Crippen LogP contribution in [0.2, 0.25) is 5.02 Å². The van der Waals surface area contributed by atoms with Crippen molar-refractivity contribution in [2.45, 2.75) is 13.1 Å². The molecule has 136 valence electrons. The Morgan fingerprint density at radius 2 is 1.63 bits per heavy atom. The van der Waals surface area contributed by atoms with Gasteiger partial charge in [0.25, 0.3) is 0 Å². The molecule has 27 heavy (non-hydrogen) atoms. The highest BCUT2D eigenvalue weighted by Crippen LogP contribution is 2.16. The highest BCUT2D eigenvalue weighted by atomic mass is 35.5. The Hall–Kier alpha value is -2.98. The van der Waals surface area contributed by atoms with Crippen molar-refractivity contribution in [1.82, 2.24) is 9.55 Å². The summed E-state index contributed by atoms with van der Waals surface area (Å²) >= 11 is 6.26. The van der Waals surface area contributed by atoms with Gasteiger partial charge in [-0.3, -0.25) is 0 Å². The molecule has 0 aliphatic rings. The van der Waals surface area contributed by atoms with Gasteiger partial charge in [-0.25, -0.2) is 4.99 Å². The van der Waals surface area contributed by atoms with Gasteiger partial charge in [0.05, 0.1) is 24.1 Å². The second-order valence-corrected chi connectivity index (χ2v) is 6.59. The molecule has 4 rings (SSSR count). The van der Waals surface area contributed by atoms with Gasteiger partial charge in [-0.05, 0) is 35.9 Å². The zero-order chi connectivity index (χ0) is 18.5. The summed E-state index contributed by atoms with van der Waals surface area (Å²) in [6.45, 7) is 1.78.